The molecule has 6 nitrogen and oxygen atoms in total. The molecule has 0 heterocycles. The minimum Gasteiger partial charge on any atom is -0.348 e. The normalized spacial score (nSPS) is 9.67. The van der Waals surface area contributed by atoms with Crippen LogP contribution in [-0.4, -0.2) is 10.8 Å². The van der Waals surface area contributed by atoms with Crippen molar-refractivity contribution in [1.82, 2.24) is 5.32 Å². The van der Waals surface area contributed by atoms with Gasteiger partial charge in [-0.15, -0.1) is 0 Å². The summed E-state index contributed by atoms with van der Waals surface area (Å²) in [5.74, 6) is -0.266. The van der Waals surface area contributed by atoms with E-state index in [0.717, 1.165) is 5.56 Å². The first-order chi connectivity index (χ1) is 10.1. The van der Waals surface area contributed by atoms with Crippen molar-refractivity contribution < 1.29 is 9.72 Å². The average molecular weight is 281 g/mol. The Morgan fingerprint density at radius 1 is 1.14 bits per heavy atom. The fourth-order valence-electron chi connectivity index (χ4n) is 1.72. The van der Waals surface area contributed by atoms with Gasteiger partial charge in [0.15, 0.2) is 0 Å². The lowest BCUT2D eigenvalue weighted by Gasteiger charge is -2.05. The number of amides is 1. The second kappa shape index (κ2) is 6.30. The van der Waals surface area contributed by atoms with Crippen LogP contribution < -0.4 is 5.32 Å². The summed E-state index contributed by atoms with van der Waals surface area (Å²) in [6.45, 7) is 0.275. The molecule has 0 spiro atoms. The molecule has 0 atom stereocenters. The van der Waals surface area contributed by atoms with Crippen molar-refractivity contribution in [1.29, 1.82) is 5.26 Å². The zero-order valence-electron chi connectivity index (χ0n) is 10.9. The van der Waals surface area contributed by atoms with E-state index >= 15 is 0 Å². The molecule has 0 aliphatic carbocycles. The highest BCUT2D eigenvalue weighted by atomic mass is 16.6. The topological polar surface area (TPSA) is 96.0 Å². The molecule has 2 rings (SSSR count). The van der Waals surface area contributed by atoms with Crippen molar-refractivity contribution >= 4 is 11.6 Å². The van der Waals surface area contributed by atoms with Crippen molar-refractivity contribution in [2.24, 2.45) is 0 Å². The first-order valence-corrected chi connectivity index (χ1v) is 6.12. The van der Waals surface area contributed by atoms with E-state index in [1.807, 2.05) is 6.07 Å². The number of nitriles is 1. The number of non-ortho nitro benzene ring substituents is 1. The fraction of sp³-hybridized carbons (Fsp3) is 0.0667. The van der Waals surface area contributed by atoms with Gasteiger partial charge in [-0.3, -0.25) is 14.9 Å². The highest BCUT2D eigenvalue weighted by Gasteiger charge is 2.07. The monoisotopic (exact) mass is 281 g/mol. The van der Waals surface area contributed by atoms with Gasteiger partial charge in [0.25, 0.3) is 11.6 Å². The number of nitro groups is 1. The first kappa shape index (κ1) is 14.2. The van der Waals surface area contributed by atoms with Crippen LogP contribution in [0.1, 0.15) is 21.5 Å². The Morgan fingerprint density at radius 3 is 2.29 bits per heavy atom. The summed E-state index contributed by atoms with van der Waals surface area (Å²) in [5.41, 5.74) is 1.72. The zero-order valence-corrected chi connectivity index (χ0v) is 10.9. The minimum atomic E-state index is -0.473. The Hall–Kier alpha value is -3.20. The number of carbonyl (C=O) groups is 1. The number of nitrogens with zero attached hydrogens (tertiary/aromatic N) is 2. The Kier molecular flexibility index (Phi) is 4.26. The van der Waals surface area contributed by atoms with Crippen molar-refractivity contribution in [2.45, 2.75) is 6.54 Å². The highest BCUT2D eigenvalue weighted by molar-refractivity contribution is 5.94. The van der Waals surface area contributed by atoms with E-state index in [4.69, 9.17) is 5.26 Å². The van der Waals surface area contributed by atoms with Crippen LogP contribution in [0.25, 0.3) is 0 Å². The average Bonchev–Trinajstić information content (AvgIpc) is 2.53. The van der Waals surface area contributed by atoms with Crippen LogP contribution in [0, 0.1) is 21.4 Å². The smallest absolute Gasteiger partial charge is 0.269 e. The third kappa shape index (κ3) is 3.64. The molecule has 21 heavy (non-hydrogen) atoms. The zero-order chi connectivity index (χ0) is 15.2. The summed E-state index contributed by atoms with van der Waals surface area (Å²) < 4.78 is 0. The molecule has 0 aliphatic heterocycles. The predicted molar refractivity (Wildman–Crippen MR) is 75.4 cm³/mol. The van der Waals surface area contributed by atoms with E-state index in [0.29, 0.717) is 11.1 Å². The number of benzene rings is 2. The second-order valence-electron chi connectivity index (χ2n) is 4.30. The van der Waals surface area contributed by atoms with E-state index < -0.39 is 4.92 Å². The molecule has 0 aliphatic rings. The van der Waals surface area contributed by atoms with Gasteiger partial charge in [0, 0.05) is 24.2 Å². The van der Waals surface area contributed by atoms with Gasteiger partial charge in [-0.2, -0.15) is 5.26 Å². The Morgan fingerprint density at radius 2 is 1.76 bits per heavy atom. The fourth-order valence-corrected chi connectivity index (χ4v) is 1.72. The highest BCUT2D eigenvalue weighted by Crippen LogP contribution is 2.12. The van der Waals surface area contributed by atoms with Gasteiger partial charge >= 0.3 is 0 Å². The molecule has 1 amide bonds. The van der Waals surface area contributed by atoms with E-state index in [9.17, 15) is 14.9 Å². The predicted octanol–water partition coefficient (Wildman–Crippen LogP) is 2.40. The van der Waals surface area contributed by atoms with Crippen LogP contribution in [0.5, 0.6) is 0 Å². The van der Waals surface area contributed by atoms with Crippen LogP contribution in [0.4, 0.5) is 5.69 Å². The molecule has 104 valence electrons. The van der Waals surface area contributed by atoms with Gasteiger partial charge in [0.05, 0.1) is 16.6 Å². The molecule has 0 saturated heterocycles. The van der Waals surface area contributed by atoms with Gasteiger partial charge in [0.1, 0.15) is 0 Å². The summed E-state index contributed by atoms with van der Waals surface area (Å²) in [6, 6.07) is 14.2. The SMILES string of the molecule is N#Cc1ccc(C(=O)NCc2ccc([N+](=O)[O-])cc2)cc1. The van der Waals surface area contributed by atoms with Crippen LogP contribution in [0.15, 0.2) is 48.5 Å². The minimum absolute atomic E-state index is 0.0113. The first-order valence-electron chi connectivity index (χ1n) is 6.12. The molecule has 0 saturated carbocycles. The molecule has 0 unspecified atom stereocenters. The van der Waals surface area contributed by atoms with Gasteiger partial charge < -0.3 is 5.32 Å². The maximum atomic E-state index is 11.9. The second-order valence-corrected chi connectivity index (χ2v) is 4.30. The Balaban J connectivity index is 1.97. The Bertz CT molecular complexity index is 700. The quantitative estimate of drug-likeness (QED) is 0.687. The number of nitro benzene ring substituents is 1. The van der Waals surface area contributed by atoms with Gasteiger partial charge in [-0.25, -0.2) is 0 Å². The molecular weight excluding hydrogens is 270 g/mol. The molecule has 2 aromatic rings. The number of nitrogens with one attached hydrogen (secondary N) is 1. The van der Waals surface area contributed by atoms with Gasteiger partial charge in [0.2, 0.25) is 0 Å². The molecular formula is C15H11N3O3. The summed E-state index contributed by atoms with van der Waals surface area (Å²) in [4.78, 5) is 21.9. The molecule has 0 fully saturated rings. The summed E-state index contributed by atoms with van der Waals surface area (Å²) in [5, 5.41) is 21.9. The lowest BCUT2D eigenvalue weighted by Crippen LogP contribution is -2.22. The van der Waals surface area contributed by atoms with Crippen molar-refractivity contribution in [3.63, 3.8) is 0 Å². The lowest BCUT2D eigenvalue weighted by molar-refractivity contribution is -0.384. The lowest BCUT2D eigenvalue weighted by atomic mass is 10.1. The Labute approximate surface area is 120 Å². The summed E-state index contributed by atoms with van der Waals surface area (Å²) in [7, 11) is 0. The number of hydrogen-bond donors (Lipinski definition) is 1. The third-order valence-corrected chi connectivity index (χ3v) is 2.88. The van der Waals surface area contributed by atoms with E-state index in [1.165, 1.54) is 12.1 Å². The molecule has 0 aromatic heterocycles. The number of carbonyl (C=O) groups excluding carboxylic acids is 1. The van der Waals surface area contributed by atoms with Crippen molar-refractivity contribution in [3.8, 4) is 6.07 Å². The summed E-state index contributed by atoms with van der Waals surface area (Å²) in [6.07, 6.45) is 0. The molecule has 0 bridgehead atoms. The standard InChI is InChI=1S/C15H11N3O3/c16-9-11-1-5-13(6-2-11)15(19)17-10-12-3-7-14(8-4-12)18(20)21/h1-8H,10H2,(H,17,19). The van der Waals surface area contributed by atoms with E-state index in [-0.39, 0.29) is 18.1 Å². The third-order valence-electron chi connectivity index (χ3n) is 2.88. The van der Waals surface area contributed by atoms with Crippen LogP contribution in [0.2, 0.25) is 0 Å². The number of rotatable bonds is 4. The maximum absolute atomic E-state index is 11.9. The largest absolute Gasteiger partial charge is 0.348 e. The van der Waals surface area contributed by atoms with Crippen molar-refractivity contribution in [2.75, 3.05) is 0 Å². The van der Waals surface area contributed by atoms with E-state index in [1.54, 1.807) is 36.4 Å². The van der Waals surface area contributed by atoms with Crippen LogP contribution in [-0.2, 0) is 6.54 Å². The number of hydrogen-bond acceptors (Lipinski definition) is 4. The van der Waals surface area contributed by atoms with Crippen LogP contribution in [0.3, 0.4) is 0 Å². The molecule has 6 heteroatoms. The van der Waals surface area contributed by atoms with Crippen molar-refractivity contribution in [3.05, 3.63) is 75.3 Å². The molecule has 2 aromatic carbocycles. The van der Waals surface area contributed by atoms with Gasteiger partial charge in [-0.1, -0.05) is 12.1 Å². The maximum Gasteiger partial charge on any atom is 0.269 e. The molecule has 1 N–H and O–H groups in total. The van der Waals surface area contributed by atoms with Crippen LogP contribution >= 0.6 is 0 Å². The van der Waals surface area contributed by atoms with Gasteiger partial charge in [-0.05, 0) is 29.8 Å². The molecule has 0 radical (unpaired) electrons. The summed E-state index contributed by atoms with van der Waals surface area (Å²) >= 11 is 0. The van der Waals surface area contributed by atoms with E-state index in [2.05, 4.69) is 5.32 Å².